The summed E-state index contributed by atoms with van der Waals surface area (Å²) in [5.74, 6) is 0. The van der Waals surface area contributed by atoms with E-state index in [4.69, 9.17) is 1.37 Å². The Morgan fingerprint density at radius 2 is 1.85 bits per heavy atom. The summed E-state index contributed by atoms with van der Waals surface area (Å²) in [6, 6.07) is 6.86. The van der Waals surface area contributed by atoms with Gasteiger partial charge in [-0.1, -0.05) is 35.3 Å². The molecule has 1 aromatic carbocycles. The van der Waals surface area contributed by atoms with Gasteiger partial charge in [-0.25, -0.2) is 13.1 Å². The van der Waals surface area contributed by atoms with Crippen molar-refractivity contribution in [1.82, 2.24) is 4.72 Å². The highest BCUT2D eigenvalue weighted by Gasteiger charge is 2.15. The molecule has 20 heavy (non-hydrogen) atoms. The minimum atomic E-state index is -3.47. The molecule has 0 heterocycles. The molecule has 1 aromatic rings. The first kappa shape index (κ1) is 13.8. The maximum Gasteiger partial charge on any atom is 0.240 e. The average Bonchev–Trinajstić information content (AvgIpc) is 2.70. The Balaban J connectivity index is 2.10. The molecule has 0 spiro atoms. The number of aryl methyl sites for hydroxylation is 1. The summed E-state index contributed by atoms with van der Waals surface area (Å²) in [5.41, 5.74) is 3.26. The van der Waals surface area contributed by atoms with Gasteiger partial charge < -0.3 is 0 Å². The standard InChI is InChI=1S/C16H23NO2S/c1-13-8-10-16(11-9-13)20(18,19)17-12-15-7-5-3-4-6-14(15)2/h8-11,17H,3-7,12H2,1-2H3/i2D. The molecule has 2 rings (SSSR count). The molecule has 0 fully saturated rings. The quantitative estimate of drug-likeness (QED) is 0.863. The molecule has 0 bridgehead atoms. The molecule has 0 amide bonds. The molecule has 4 heteroatoms. The Morgan fingerprint density at radius 3 is 2.55 bits per heavy atom. The molecular weight excluding hydrogens is 270 g/mol. The molecule has 110 valence electrons. The summed E-state index contributed by atoms with van der Waals surface area (Å²) in [6.45, 7) is 2.55. The highest BCUT2D eigenvalue weighted by molar-refractivity contribution is 7.89. The highest BCUT2D eigenvalue weighted by atomic mass is 32.2. The number of benzene rings is 1. The largest absolute Gasteiger partial charge is 0.240 e. The van der Waals surface area contributed by atoms with Gasteiger partial charge in [0.2, 0.25) is 10.0 Å². The van der Waals surface area contributed by atoms with E-state index in [9.17, 15) is 8.42 Å². The summed E-state index contributed by atoms with van der Waals surface area (Å²) in [5, 5.41) is 0. The van der Waals surface area contributed by atoms with Gasteiger partial charge in [-0.3, -0.25) is 0 Å². The van der Waals surface area contributed by atoms with Crippen molar-refractivity contribution in [1.29, 1.82) is 0 Å². The van der Waals surface area contributed by atoms with Crippen molar-refractivity contribution < 1.29 is 9.79 Å². The zero-order valence-corrected chi connectivity index (χ0v) is 12.8. The van der Waals surface area contributed by atoms with Crippen LogP contribution in [0.4, 0.5) is 0 Å². The van der Waals surface area contributed by atoms with Crippen LogP contribution in [0.3, 0.4) is 0 Å². The van der Waals surface area contributed by atoms with E-state index in [2.05, 4.69) is 4.72 Å². The molecule has 0 saturated carbocycles. The Labute approximate surface area is 123 Å². The fourth-order valence-corrected chi connectivity index (χ4v) is 3.43. The monoisotopic (exact) mass is 294 g/mol. The van der Waals surface area contributed by atoms with Crippen LogP contribution in [0.1, 0.15) is 45.9 Å². The third-order valence-corrected chi connectivity index (χ3v) is 5.18. The van der Waals surface area contributed by atoms with Crippen molar-refractivity contribution in [2.24, 2.45) is 0 Å². The number of nitrogens with one attached hydrogen (secondary N) is 1. The number of hydrogen-bond acceptors (Lipinski definition) is 2. The van der Waals surface area contributed by atoms with Crippen LogP contribution < -0.4 is 4.72 Å². The fourth-order valence-electron chi connectivity index (χ4n) is 2.40. The molecular formula is C16H23NO2S. The van der Waals surface area contributed by atoms with Crippen molar-refractivity contribution in [3.63, 3.8) is 0 Å². The topological polar surface area (TPSA) is 46.2 Å². The van der Waals surface area contributed by atoms with Gasteiger partial charge in [0.15, 0.2) is 0 Å². The minimum Gasteiger partial charge on any atom is -0.207 e. The van der Waals surface area contributed by atoms with Gasteiger partial charge in [0.25, 0.3) is 0 Å². The molecule has 0 aromatic heterocycles. The summed E-state index contributed by atoms with van der Waals surface area (Å²) >= 11 is 0. The second kappa shape index (κ2) is 6.55. The van der Waals surface area contributed by atoms with Crippen LogP contribution in [-0.2, 0) is 10.0 Å². The number of sulfonamides is 1. The van der Waals surface area contributed by atoms with E-state index in [-0.39, 0.29) is 6.90 Å². The van der Waals surface area contributed by atoms with E-state index in [0.29, 0.717) is 11.4 Å². The van der Waals surface area contributed by atoms with Crippen LogP contribution in [0.2, 0.25) is 0 Å². The normalized spacial score (nSPS) is 17.8. The first-order valence-corrected chi connectivity index (χ1v) is 8.56. The molecule has 1 N–H and O–H groups in total. The highest BCUT2D eigenvalue weighted by Crippen LogP contribution is 2.23. The molecule has 0 radical (unpaired) electrons. The molecule has 0 atom stereocenters. The van der Waals surface area contributed by atoms with E-state index in [1.54, 1.807) is 24.3 Å². The van der Waals surface area contributed by atoms with Crippen molar-refractivity contribution in [2.75, 3.05) is 6.54 Å². The Bertz CT molecular complexity index is 606. The molecule has 1 aliphatic rings. The Morgan fingerprint density at radius 1 is 1.15 bits per heavy atom. The van der Waals surface area contributed by atoms with E-state index in [0.717, 1.165) is 48.8 Å². The number of hydrogen-bond donors (Lipinski definition) is 1. The molecule has 0 unspecified atom stereocenters. The third kappa shape index (κ3) is 3.93. The van der Waals surface area contributed by atoms with Gasteiger partial charge in [-0.2, -0.15) is 0 Å². The van der Waals surface area contributed by atoms with Crippen LogP contribution in [0.5, 0.6) is 0 Å². The SMILES string of the molecule is [2H]CC1=C(CNS(=O)(=O)c2ccc(C)cc2)CCCCC1. The summed E-state index contributed by atoms with van der Waals surface area (Å²) in [6.07, 6.45) is 5.21. The lowest BCUT2D eigenvalue weighted by Gasteiger charge is -2.11. The van der Waals surface area contributed by atoms with Crippen molar-refractivity contribution in [3.8, 4) is 0 Å². The lowest BCUT2D eigenvalue weighted by Crippen LogP contribution is -2.26. The number of allylic oxidation sites excluding steroid dienone is 1. The predicted molar refractivity (Wildman–Crippen MR) is 82.2 cm³/mol. The first-order chi connectivity index (χ1) is 10.0. The summed E-state index contributed by atoms with van der Waals surface area (Å²) < 4.78 is 34.9. The van der Waals surface area contributed by atoms with Crippen molar-refractivity contribution >= 4 is 10.0 Å². The lowest BCUT2D eigenvalue weighted by molar-refractivity contribution is 0.583. The fraction of sp³-hybridized carbons (Fsp3) is 0.500. The zero-order valence-electron chi connectivity index (χ0n) is 13.0. The summed E-state index contributed by atoms with van der Waals surface area (Å²) in [4.78, 5) is 0.301. The second-order valence-electron chi connectivity index (χ2n) is 5.41. The lowest BCUT2D eigenvalue weighted by atomic mass is 10.1. The summed E-state index contributed by atoms with van der Waals surface area (Å²) in [7, 11) is -3.47. The van der Waals surface area contributed by atoms with Gasteiger partial charge >= 0.3 is 0 Å². The predicted octanol–water partition coefficient (Wildman–Crippen LogP) is 3.55. The zero-order chi connectivity index (χ0) is 15.3. The van der Waals surface area contributed by atoms with Gasteiger partial charge in [0.1, 0.15) is 0 Å². The van der Waals surface area contributed by atoms with E-state index < -0.39 is 10.0 Å². The van der Waals surface area contributed by atoms with E-state index >= 15 is 0 Å². The van der Waals surface area contributed by atoms with Crippen molar-refractivity contribution in [2.45, 2.75) is 50.8 Å². The first-order valence-electron chi connectivity index (χ1n) is 7.79. The van der Waals surface area contributed by atoms with Gasteiger partial charge in [-0.05, 0) is 51.6 Å². The van der Waals surface area contributed by atoms with Crippen LogP contribution in [-0.4, -0.2) is 15.0 Å². The number of rotatable bonds is 4. The van der Waals surface area contributed by atoms with Gasteiger partial charge in [0, 0.05) is 7.92 Å². The second-order valence-corrected chi connectivity index (χ2v) is 7.17. The molecule has 0 aliphatic heterocycles. The van der Waals surface area contributed by atoms with Crippen LogP contribution >= 0.6 is 0 Å². The average molecular weight is 294 g/mol. The Kier molecular flexibility index (Phi) is 4.53. The smallest absolute Gasteiger partial charge is 0.207 e. The van der Waals surface area contributed by atoms with Crippen LogP contribution in [0, 0.1) is 6.92 Å². The van der Waals surface area contributed by atoms with Gasteiger partial charge in [0.05, 0.1) is 4.90 Å². The minimum absolute atomic E-state index is 0.279. The molecule has 0 saturated heterocycles. The maximum absolute atomic E-state index is 12.3. The maximum atomic E-state index is 12.3. The van der Waals surface area contributed by atoms with E-state index in [1.165, 1.54) is 0 Å². The van der Waals surface area contributed by atoms with Crippen LogP contribution in [0.15, 0.2) is 40.3 Å². The van der Waals surface area contributed by atoms with Crippen LogP contribution in [0.25, 0.3) is 0 Å². The molecule has 3 nitrogen and oxygen atoms in total. The van der Waals surface area contributed by atoms with E-state index in [1.807, 2.05) is 6.92 Å². The van der Waals surface area contributed by atoms with Crippen molar-refractivity contribution in [3.05, 3.63) is 41.0 Å². The molecule has 1 aliphatic carbocycles. The Hall–Kier alpha value is -1.13. The van der Waals surface area contributed by atoms with Gasteiger partial charge in [-0.15, -0.1) is 0 Å². The third-order valence-electron chi connectivity index (χ3n) is 3.76.